The van der Waals surface area contributed by atoms with Crippen molar-refractivity contribution in [3.63, 3.8) is 0 Å². The minimum atomic E-state index is -0.654. The smallest absolute Gasteiger partial charge is 0.224 e. The lowest BCUT2D eigenvalue weighted by Gasteiger charge is -2.24. The van der Waals surface area contributed by atoms with Crippen molar-refractivity contribution in [3.8, 4) is 0 Å². The molecule has 0 heterocycles. The number of carbonyl (C=O) groups excluding carboxylic acids is 1. The summed E-state index contributed by atoms with van der Waals surface area (Å²) in [7, 11) is 1.97. The number of nitrogens with zero attached hydrogens (tertiary/aromatic N) is 2. The van der Waals surface area contributed by atoms with E-state index in [1.165, 1.54) is 5.56 Å². The summed E-state index contributed by atoms with van der Waals surface area (Å²) in [6.07, 6.45) is 0. The van der Waals surface area contributed by atoms with E-state index in [1.54, 1.807) is 13.8 Å². The number of hydrogen-bond acceptors (Lipinski definition) is 2. The lowest BCUT2D eigenvalue weighted by Crippen LogP contribution is -2.40. The fourth-order valence-corrected chi connectivity index (χ4v) is 2.02. The Hall–Kier alpha value is -0.830. The predicted molar refractivity (Wildman–Crippen MR) is 110 cm³/mol. The molecule has 0 aromatic heterocycles. The Bertz CT molecular complexity index is 531. The van der Waals surface area contributed by atoms with E-state index in [0.29, 0.717) is 6.54 Å². The maximum Gasteiger partial charge on any atom is 0.224 e. The minimum absolute atomic E-state index is 0. The SMILES string of the molecule is CCNC(=NCC(C)(C)C(N)=O)N(C)Cc1ccc(Br)cc1.I. The molecular weight excluding hydrogens is 471 g/mol. The largest absolute Gasteiger partial charge is 0.369 e. The molecule has 0 aliphatic rings. The van der Waals surface area contributed by atoms with Gasteiger partial charge in [-0.3, -0.25) is 9.79 Å². The Labute approximate surface area is 164 Å². The maximum atomic E-state index is 11.4. The van der Waals surface area contributed by atoms with Gasteiger partial charge in [-0.15, -0.1) is 24.0 Å². The second-order valence-electron chi connectivity index (χ2n) is 5.90. The van der Waals surface area contributed by atoms with Crippen LogP contribution in [0, 0.1) is 5.41 Å². The zero-order valence-corrected chi connectivity index (χ0v) is 18.0. The van der Waals surface area contributed by atoms with Gasteiger partial charge in [0.2, 0.25) is 5.91 Å². The van der Waals surface area contributed by atoms with Gasteiger partial charge in [0.25, 0.3) is 0 Å². The average Bonchev–Trinajstić information content (AvgIpc) is 2.45. The first-order valence-corrected chi connectivity index (χ1v) is 8.09. The van der Waals surface area contributed by atoms with Gasteiger partial charge in [0.1, 0.15) is 0 Å². The van der Waals surface area contributed by atoms with E-state index in [9.17, 15) is 4.79 Å². The lowest BCUT2D eigenvalue weighted by atomic mass is 9.93. The molecule has 1 amide bonds. The highest BCUT2D eigenvalue weighted by atomic mass is 127. The third kappa shape index (κ3) is 7.52. The van der Waals surface area contributed by atoms with Crippen LogP contribution in [0.25, 0.3) is 0 Å². The number of amides is 1. The van der Waals surface area contributed by atoms with Gasteiger partial charge in [-0.2, -0.15) is 0 Å². The number of rotatable bonds is 6. The zero-order valence-electron chi connectivity index (χ0n) is 14.1. The van der Waals surface area contributed by atoms with Crippen molar-refractivity contribution in [1.29, 1.82) is 0 Å². The first-order chi connectivity index (χ1) is 10.3. The molecule has 0 bridgehead atoms. The zero-order chi connectivity index (χ0) is 16.8. The van der Waals surface area contributed by atoms with Crippen LogP contribution in [0.2, 0.25) is 0 Å². The summed E-state index contributed by atoms with van der Waals surface area (Å²) >= 11 is 3.43. The van der Waals surface area contributed by atoms with E-state index in [-0.39, 0.29) is 29.9 Å². The van der Waals surface area contributed by atoms with Crippen molar-refractivity contribution in [2.24, 2.45) is 16.1 Å². The lowest BCUT2D eigenvalue weighted by molar-refractivity contribution is -0.125. The molecule has 0 radical (unpaired) electrons. The second kappa shape index (κ2) is 10.1. The van der Waals surface area contributed by atoms with Crippen molar-refractivity contribution in [2.75, 3.05) is 20.1 Å². The third-order valence-electron chi connectivity index (χ3n) is 3.32. The van der Waals surface area contributed by atoms with Crippen molar-refractivity contribution in [3.05, 3.63) is 34.3 Å². The van der Waals surface area contributed by atoms with Crippen molar-refractivity contribution in [1.82, 2.24) is 10.2 Å². The van der Waals surface area contributed by atoms with Crippen LogP contribution in [0.3, 0.4) is 0 Å². The van der Waals surface area contributed by atoms with E-state index in [0.717, 1.165) is 23.5 Å². The summed E-state index contributed by atoms with van der Waals surface area (Å²) < 4.78 is 1.06. The Morgan fingerprint density at radius 1 is 1.35 bits per heavy atom. The Balaban J connectivity index is 0.00000484. The van der Waals surface area contributed by atoms with Gasteiger partial charge in [-0.25, -0.2) is 0 Å². The van der Waals surface area contributed by atoms with Crippen molar-refractivity contribution < 1.29 is 4.79 Å². The van der Waals surface area contributed by atoms with Gasteiger partial charge in [0.05, 0.1) is 12.0 Å². The van der Waals surface area contributed by atoms with Crippen LogP contribution in [0.5, 0.6) is 0 Å². The van der Waals surface area contributed by atoms with Crippen LogP contribution in [-0.4, -0.2) is 36.9 Å². The molecule has 5 nitrogen and oxygen atoms in total. The molecule has 0 unspecified atom stereocenters. The normalized spacial score (nSPS) is 11.6. The highest BCUT2D eigenvalue weighted by molar-refractivity contribution is 14.0. The van der Waals surface area contributed by atoms with E-state index in [1.807, 2.05) is 31.0 Å². The molecule has 7 heteroatoms. The number of aliphatic imine (C=N–C) groups is 1. The number of carbonyl (C=O) groups is 1. The van der Waals surface area contributed by atoms with Crippen LogP contribution >= 0.6 is 39.9 Å². The topological polar surface area (TPSA) is 70.7 Å². The molecule has 1 rings (SSSR count). The molecule has 0 aliphatic carbocycles. The summed E-state index contributed by atoms with van der Waals surface area (Å²) in [5, 5.41) is 3.24. The molecule has 0 saturated carbocycles. The van der Waals surface area contributed by atoms with Crippen LogP contribution in [0.1, 0.15) is 26.3 Å². The van der Waals surface area contributed by atoms with Gasteiger partial charge in [0.15, 0.2) is 5.96 Å². The number of benzene rings is 1. The first-order valence-electron chi connectivity index (χ1n) is 7.30. The van der Waals surface area contributed by atoms with Crippen LogP contribution < -0.4 is 11.1 Å². The van der Waals surface area contributed by atoms with E-state index >= 15 is 0 Å². The summed E-state index contributed by atoms with van der Waals surface area (Å²) in [6.45, 7) is 7.47. The molecule has 130 valence electrons. The molecule has 0 spiro atoms. The highest BCUT2D eigenvalue weighted by Crippen LogP contribution is 2.15. The summed E-state index contributed by atoms with van der Waals surface area (Å²) in [4.78, 5) is 18.0. The molecule has 0 atom stereocenters. The standard InChI is InChI=1S/C16H25BrN4O.HI/c1-5-19-15(20-11-16(2,3)14(18)22)21(4)10-12-6-8-13(17)9-7-12;/h6-9H,5,10-11H2,1-4H3,(H2,18,22)(H,19,20);1H. The van der Waals surface area contributed by atoms with Crippen molar-refractivity contribution in [2.45, 2.75) is 27.3 Å². The van der Waals surface area contributed by atoms with Gasteiger partial charge in [-0.05, 0) is 38.5 Å². The molecule has 3 N–H and O–H groups in total. The van der Waals surface area contributed by atoms with E-state index < -0.39 is 5.41 Å². The minimum Gasteiger partial charge on any atom is -0.369 e. The average molecular weight is 497 g/mol. The summed E-state index contributed by atoms with van der Waals surface area (Å²) in [5.74, 6) is 0.419. The summed E-state index contributed by atoms with van der Waals surface area (Å²) in [5.41, 5.74) is 5.93. The van der Waals surface area contributed by atoms with E-state index in [4.69, 9.17) is 5.73 Å². The fraction of sp³-hybridized carbons (Fsp3) is 0.500. The molecule has 23 heavy (non-hydrogen) atoms. The number of hydrogen-bond donors (Lipinski definition) is 2. The molecular formula is C16H26BrIN4O. The van der Waals surface area contributed by atoms with Crippen LogP contribution in [0.4, 0.5) is 0 Å². The number of nitrogens with two attached hydrogens (primary N) is 1. The Kier molecular flexibility index (Phi) is 9.76. The maximum absolute atomic E-state index is 11.4. The fourth-order valence-electron chi connectivity index (χ4n) is 1.76. The predicted octanol–water partition coefficient (Wildman–Crippen LogP) is 2.98. The molecule has 1 aromatic rings. The third-order valence-corrected chi connectivity index (χ3v) is 3.85. The van der Waals surface area contributed by atoms with Gasteiger partial charge < -0.3 is 16.0 Å². The first kappa shape index (κ1) is 22.2. The second-order valence-corrected chi connectivity index (χ2v) is 6.82. The number of nitrogens with one attached hydrogen (secondary N) is 1. The molecule has 0 fully saturated rings. The van der Waals surface area contributed by atoms with Crippen molar-refractivity contribution >= 4 is 51.8 Å². The number of halogens is 2. The summed E-state index contributed by atoms with van der Waals surface area (Å²) in [6, 6.07) is 8.17. The molecule has 0 saturated heterocycles. The molecule has 1 aromatic carbocycles. The van der Waals surface area contributed by atoms with Gasteiger partial charge >= 0.3 is 0 Å². The molecule has 0 aliphatic heterocycles. The Morgan fingerprint density at radius 2 is 1.91 bits per heavy atom. The van der Waals surface area contributed by atoms with E-state index in [2.05, 4.69) is 38.4 Å². The number of guanidine groups is 1. The number of primary amides is 1. The van der Waals surface area contributed by atoms with Crippen LogP contribution in [-0.2, 0) is 11.3 Å². The quantitative estimate of drug-likeness (QED) is 0.361. The highest BCUT2D eigenvalue weighted by Gasteiger charge is 2.24. The van der Waals surface area contributed by atoms with Gasteiger partial charge in [-0.1, -0.05) is 28.1 Å². The monoisotopic (exact) mass is 496 g/mol. The van der Waals surface area contributed by atoms with Gasteiger partial charge in [0, 0.05) is 24.6 Å². The Morgan fingerprint density at radius 3 is 2.39 bits per heavy atom. The van der Waals surface area contributed by atoms with Crippen LogP contribution in [0.15, 0.2) is 33.7 Å².